The molecule has 0 unspecified atom stereocenters. The van der Waals surface area contributed by atoms with E-state index in [1.165, 1.54) is 10.9 Å². The summed E-state index contributed by atoms with van der Waals surface area (Å²) in [4.78, 5) is 0. The highest BCUT2D eigenvalue weighted by atomic mass is 16.5. The van der Waals surface area contributed by atoms with Crippen LogP contribution in [0.25, 0.3) is 10.8 Å². The average Bonchev–Trinajstić information content (AvgIpc) is 2.16. The molecule has 1 aromatic heterocycles. The molecule has 0 spiro atoms. The zero-order valence-electron chi connectivity index (χ0n) is 8.40. The number of benzene rings is 1. The average molecular weight is 187 g/mol. The van der Waals surface area contributed by atoms with Gasteiger partial charge in [-0.05, 0) is 22.9 Å². The van der Waals surface area contributed by atoms with Crippen molar-refractivity contribution in [3.05, 3.63) is 47.4 Å². The van der Waals surface area contributed by atoms with Crippen molar-refractivity contribution in [3.8, 4) is 0 Å². The molecule has 0 atom stereocenters. The number of nitrogens with zero attached hydrogens (tertiary/aromatic N) is 1. The second kappa shape index (κ2) is 3.29. The van der Waals surface area contributed by atoms with E-state index in [-0.39, 0.29) is 0 Å². The van der Waals surface area contributed by atoms with Crippen molar-refractivity contribution in [3.63, 3.8) is 0 Å². The Morgan fingerprint density at radius 2 is 2.00 bits per heavy atom. The van der Waals surface area contributed by atoms with Gasteiger partial charge < -0.3 is 5.21 Å². The molecule has 14 heavy (non-hydrogen) atoms. The SMILES string of the molecule is CC(C)c1cccc2c[n+]([O-])ccc12. The van der Waals surface area contributed by atoms with Crippen molar-refractivity contribution in [2.45, 2.75) is 19.8 Å². The second-order valence-corrected chi connectivity index (χ2v) is 3.81. The lowest BCUT2D eigenvalue weighted by atomic mass is 9.97. The predicted molar refractivity (Wildman–Crippen MR) is 57.0 cm³/mol. The molecule has 1 heterocycles. The van der Waals surface area contributed by atoms with Crippen LogP contribution in [-0.4, -0.2) is 0 Å². The van der Waals surface area contributed by atoms with Gasteiger partial charge in [-0.3, -0.25) is 0 Å². The Morgan fingerprint density at radius 1 is 1.21 bits per heavy atom. The maximum absolute atomic E-state index is 11.1. The molecule has 2 aromatic rings. The van der Waals surface area contributed by atoms with Gasteiger partial charge in [0.1, 0.15) is 0 Å². The van der Waals surface area contributed by atoms with Gasteiger partial charge in [0.2, 0.25) is 0 Å². The van der Waals surface area contributed by atoms with Crippen LogP contribution < -0.4 is 4.73 Å². The number of pyridine rings is 1. The van der Waals surface area contributed by atoms with Gasteiger partial charge in [-0.2, -0.15) is 4.73 Å². The largest absolute Gasteiger partial charge is 0.619 e. The maximum atomic E-state index is 11.1. The Balaban J connectivity index is 2.75. The lowest BCUT2D eigenvalue weighted by molar-refractivity contribution is -0.603. The van der Waals surface area contributed by atoms with Crippen LogP contribution in [-0.2, 0) is 0 Å². The van der Waals surface area contributed by atoms with Gasteiger partial charge in [0.25, 0.3) is 0 Å². The summed E-state index contributed by atoms with van der Waals surface area (Å²) in [6.07, 6.45) is 3.16. The monoisotopic (exact) mass is 187 g/mol. The van der Waals surface area contributed by atoms with E-state index >= 15 is 0 Å². The van der Waals surface area contributed by atoms with Crippen molar-refractivity contribution in [1.82, 2.24) is 0 Å². The number of aromatic nitrogens is 1. The minimum Gasteiger partial charge on any atom is -0.619 e. The normalized spacial score (nSPS) is 11.1. The summed E-state index contributed by atoms with van der Waals surface area (Å²) in [5.41, 5.74) is 1.29. The van der Waals surface area contributed by atoms with Crippen molar-refractivity contribution >= 4 is 10.8 Å². The number of hydrogen-bond donors (Lipinski definition) is 0. The van der Waals surface area contributed by atoms with E-state index in [0.29, 0.717) is 5.92 Å². The Morgan fingerprint density at radius 3 is 2.71 bits per heavy atom. The molecule has 0 saturated heterocycles. The summed E-state index contributed by atoms with van der Waals surface area (Å²) in [6, 6.07) is 7.97. The Hall–Kier alpha value is -1.57. The molecule has 0 fully saturated rings. The van der Waals surface area contributed by atoms with E-state index in [1.807, 2.05) is 18.2 Å². The van der Waals surface area contributed by atoms with Gasteiger partial charge in [-0.25, -0.2) is 0 Å². The van der Waals surface area contributed by atoms with Crippen molar-refractivity contribution < 1.29 is 4.73 Å². The fraction of sp³-hybridized carbons (Fsp3) is 0.250. The van der Waals surface area contributed by atoms with Crippen molar-refractivity contribution in [1.29, 1.82) is 0 Å². The Kier molecular flexibility index (Phi) is 2.12. The van der Waals surface area contributed by atoms with Crippen LogP contribution in [0.5, 0.6) is 0 Å². The van der Waals surface area contributed by atoms with Crippen LogP contribution in [0.1, 0.15) is 25.3 Å². The van der Waals surface area contributed by atoms with Gasteiger partial charge in [-0.1, -0.05) is 26.0 Å². The Labute approximate surface area is 83.4 Å². The molecular formula is C12H13NO. The zero-order chi connectivity index (χ0) is 10.1. The van der Waals surface area contributed by atoms with Crippen molar-refractivity contribution in [2.24, 2.45) is 0 Å². The summed E-state index contributed by atoms with van der Waals surface area (Å²) in [7, 11) is 0. The molecule has 0 aliphatic carbocycles. The Bertz CT molecular complexity index is 463. The molecule has 0 bridgehead atoms. The third kappa shape index (κ3) is 1.43. The zero-order valence-corrected chi connectivity index (χ0v) is 8.40. The van der Waals surface area contributed by atoms with Crippen LogP contribution >= 0.6 is 0 Å². The lowest BCUT2D eigenvalue weighted by Gasteiger charge is -2.08. The quantitative estimate of drug-likeness (QED) is 0.498. The van der Waals surface area contributed by atoms with Gasteiger partial charge in [-0.15, -0.1) is 0 Å². The molecule has 0 amide bonds. The number of hydrogen-bond acceptors (Lipinski definition) is 1. The highest BCUT2D eigenvalue weighted by molar-refractivity contribution is 5.84. The molecule has 2 nitrogen and oxygen atoms in total. The van der Waals surface area contributed by atoms with Crippen LogP contribution in [0.15, 0.2) is 36.7 Å². The van der Waals surface area contributed by atoms with Crippen LogP contribution in [0.3, 0.4) is 0 Å². The molecule has 2 heteroatoms. The first kappa shape index (κ1) is 9.00. The minimum absolute atomic E-state index is 0.487. The first-order valence-electron chi connectivity index (χ1n) is 4.80. The van der Waals surface area contributed by atoms with Gasteiger partial charge in [0.15, 0.2) is 12.4 Å². The van der Waals surface area contributed by atoms with E-state index in [4.69, 9.17) is 0 Å². The molecule has 0 aliphatic heterocycles. The topological polar surface area (TPSA) is 26.9 Å². The highest BCUT2D eigenvalue weighted by Crippen LogP contribution is 2.23. The molecular weight excluding hydrogens is 174 g/mol. The molecule has 0 N–H and O–H groups in total. The van der Waals surface area contributed by atoms with E-state index in [0.717, 1.165) is 10.1 Å². The summed E-state index contributed by atoms with van der Waals surface area (Å²) in [5, 5.41) is 13.3. The predicted octanol–water partition coefficient (Wildman–Crippen LogP) is 2.60. The standard InChI is InChI=1S/C12H13NO/c1-9(2)11-5-3-4-10-8-13(14)7-6-12(10)11/h3-9H,1-2H3. The minimum atomic E-state index is 0.487. The summed E-state index contributed by atoms with van der Waals surface area (Å²) in [6.45, 7) is 4.32. The highest BCUT2D eigenvalue weighted by Gasteiger charge is 2.05. The first-order chi connectivity index (χ1) is 6.68. The van der Waals surface area contributed by atoms with Gasteiger partial charge in [0.05, 0.1) is 0 Å². The van der Waals surface area contributed by atoms with Gasteiger partial charge in [0, 0.05) is 11.5 Å². The first-order valence-corrected chi connectivity index (χ1v) is 4.80. The van der Waals surface area contributed by atoms with E-state index < -0.39 is 0 Å². The fourth-order valence-corrected chi connectivity index (χ4v) is 1.74. The molecule has 2 rings (SSSR count). The van der Waals surface area contributed by atoms with Crippen LogP contribution in [0, 0.1) is 5.21 Å². The third-order valence-electron chi connectivity index (χ3n) is 2.45. The summed E-state index contributed by atoms with van der Waals surface area (Å²) < 4.78 is 0.840. The number of fused-ring (bicyclic) bond motifs is 1. The van der Waals surface area contributed by atoms with Crippen molar-refractivity contribution in [2.75, 3.05) is 0 Å². The van der Waals surface area contributed by atoms with Gasteiger partial charge >= 0.3 is 0 Å². The molecule has 0 aliphatic rings. The summed E-state index contributed by atoms with van der Waals surface area (Å²) >= 11 is 0. The summed E-state index contributed by atoms with van der Waals surface area (Å²) in [5.74, 6) is 0.487. The van der Waals surface area contributed by atoms with Crippen LogP contribution in [0.2, 0.25) is 0 Å². The fourth-order valence-electron chi connectivity index (χ4n) is 1.74. The van der Waals surface area contributed by atoms with E-state index in [2.05, 4.69) is 19.9 Å². The molecule has 0 saturated carbocycles. The molecule has 0 radical (unpaired) electrons. The van der Waals surface area contributed by atoms with Crippen LogP contribution in [0.4, 0.5) is 0 Å². The smallest absolute Gasteiger partial charge is 0.188 e. The van der Waals surface area contributed by atoms with E-state index in [1.54, 1.807) is 12.4 Å². The molecule has 1 aromatic carbocycles. The third-order valence-corrected chi connectivity index (χ3v) is 2.45. The molecule has 72 valence electrons. The lowest BCUT2D eigenvalue weighted by Crippen LogP contribution is -2.23. The van der Waals surface area contributed by atoms with E-state index in [9.17, 15) is 5.21 Å². The second-order valence-electron chi connectivity index (χ2n) is 3.81. The maximum Gasteiger partial charge on any atom is 0.188 e. The number of rotatable bonds is 1.